The van der Waals surface area contributed by atoms with Gasteiger partial charge in [0.2, 0.25) is 5.95 Å². The lowest BCUT2D eigenvalue weighted by Crippen LogP contribution is -2.33. The van der Waals surface area contributed by atoms with Crippen molar-refractivity contribution in [3.63, 3.8) is 0 Å². The summed E-state index contributed by atoms with van der Waals surface area (Å²) in [7, 11) is 0. The van der Waals surface area contributed by atoms with Gasteiger partial charge in [0.25, 0.3) is 0 Å². The molecule has 0 aliphatic carbocycles. The maximum atomic E-state index is 10.6. The Morgan fingerprint density at radius 3 is 2.55 bits per heavy atom. The van der Waals surface area contributed by atoms with Crippen LogP contribution in [-0.4, -0.2) is 59.8 Å². The van der Waals surface area contributed by atoms with Gasteiger partial charge in [-0.3, -0.25) is 4.57 Å². The third-order valence-electron chi connectivity index (χ3n) is 5.76. The summed E-state index contributed by atoms with van der Waals surface area (Å²) in [5.74, 6) is 0.525. The third kappa shape index (κ3) is 3.89. The minimum Gasteiger partial charge on any atom is -0.394 e. The molecule has 0 unspecified atom stereocenters. The summed E-state index contributed by atoms with van der Waals surface area (Å²) in [5, 5.41) is 33.6. The molecule has 1 saturated heterocycles. The molecular formula is C23H24N6O4. The molecule has 0 bridgehead atoms. The van der Waals surface area contributed by atoms with Crippen LogP contribution in [0.25, 0.3) is 22.3 Å². The molecule has 1 fully saturated rings. The molecule has 0 amide bonds. The Balaban J connectivity index is 1.48. The van der Waals surface area contributed by atoms with E-state index in [0.29, 0.717) is 23.7 Å². The van der Waals surface area contributed by atoms with Gasteiger partial charge in [0, 0.05) is 6.54 Å². The van der Waals surface area contributed by atoms with Crippen LogP contribution in [0.1, 0.15) is 11.8 Å². The second-order valence-electron chi connectivity index (χ2n) is 7.89. The Kier molecular flexibility index (Phi) is 5.65. The van der Waals surface area contributed by atoms with Gasteiger partial charge in [0.05, 0.1) is 6.61 Å². The highest BCUT2D eigenvalue weighted by atomic mass is 16.6. The minimum atomic E-state index is -1.29. The zero-order chi connectivity index (χ0) is 22.9. The number of rotatable bonds is 6. The molecule has 4 atom stereocenters. The number of nitrogens with one attached hydrogen (secondary N) is 1. The number of aromatic nitrogens is 4. The van der Waals surface area contributed by atoms with Crippen LogP contribution in [0, 0.1) is 0 Å². The number of imidazole rings is 1. The summed E-state index contributed by atoms with van der Waals surface area (Å²) < 4.78 is 7.27. The SMILES string of the molecule is Nc1ncnc2c1nc(NCc1cccc(-c3ccccc3)c1)n2[C@@H]1O[C@H](CO)[C@@H](O)[C@H]1O. The summed E-state index contributed by atoms with van der Waals surface area (Å²) in [6.07, 6.45) is -3.21. The monoisotopic (exact) mass is 448 g/mol. The van der Waals surface area contributed by atoms with Gasteiger partial charge in [-0.2, -0.15) is 0 Å². The van der Waals surface area contributed by atoms with Crippen LogP contribution in [0.15, 0.2) is 60.9 Å². The van der Waals surface area contributed by atoms with Crippen molar-refractivity contribution < 1.29 is 20.1 Å². The van der Waals surface area contributed by atoms with Gasteiger partial charge in [0.1, 0.15) is 24.6 Å². The van der Waals surface area contributed by atoms with Crippen LogP contribution in [0.3, 0.4) is 0 Å². The number of nitrogen functional groups attached to an aromatic ring is 1. The molecular weight excluding hydrogens is 424 g/mol. The number of fused-ring (bicyclic) bond motifs is 1. The van der Waals surface area contributed by atoms with Crippen LogP contribution in [0.2, 0.25) is 0 Å². The number of nitrogens with zero attached hydrogens (tertiary/aromatic N) is 4. The van der Waals surface area contributed by atoms with E-state index in [1.807, 2.05) is 36.4 Å². The van der Waals surface area contributed by atoms with Crippen molar-refractivity contribution in [3.8, 4) is 11.1 Å². The molecule has 2 aromatic carbocycles. The zero-order valence-corrected chi connectivity index (χ0v) is 17.6. The highest BCUT2D eigenvalue weighted by Crippen LogP contribution is 2.35. The van der Waals surface area contributed by atoms with Crippen molar-refractivity contribution >= 4 is 22.9 Å². The summed E-state index contributed by atoms with van der Waals surface area (Å²) in [4.78, 5) is 12.8. The molecule has 1 aliphatic rings. The van der Waals surface area contributed by atoms with E-state index in [2.05, 4.69) is 38.5 Å². The van der Waals surface area contributed by atoms with E-state index in [1.54, 1.807) is 0 Å². The molecule has 4 aromatic rings. The largest absolute Gasteiger partial charge is 0.394 e. The van der Waals surface area contributed by atoms with Crippen molar-refractivity contribution in [2.45, 2.75) is 31.1 Å². The summed E-state index contributed by atoms with van der Waals surface area (Å²) in [6.45, 7) is -0.0142. The fourth-order valence-corrected chi connectivity index (χ4v) is 4.06. The first-order valence-electron chi connectivity index (χ1n) is 10.6. The van der Waals surface area contributed by atoms with Crippen LogP contribution in [0.4, 0.5) is 11.8 Å². The first-order chi connectivity index (χ1) is 16.1. The highest BCUT2D eigenvalue weighted by molar-refractivity contribution is 5.84. The maximum absolute atomic E-state index is 10.6. The maximum Gasteiger partial charge on any atom is 0.207 e. The Labute approximate surface area is 189 Å². The minimum absolute atomic E-state index is 0.180. The molecule has 2 aromatic heterocycles. The first-order valence-corrected chi connectivity index (χ1v) is 10.6. The van der Waals surface area contributed by atoms with Gasteiger partial charge in [-0.1, -0.05) is 48.5 Å². The molecule has 0 radical (unpaired) electrons. The molecule has 33 heavy (non-hydrogen) atoms. The molecule has 6 N–H and O–H groups in total. The number of hydrogen-bond acceptors (Lipinski definition) is 9. The normalized spacial score (nSPS) is 22.6. The van der Waals surface area contributed by atoms with Crippen LogP contribution in [-0.2, 0) is 11.3 Å². The number of aliphatic hydroxyl groups is 3. The van der Waals surface area contributed by atoms with Gasteiger partial charge >= 0.3 is 0 Å². The molecule has 0 saturated carbocycles. The molecule has 10 nitrogen and oxygen atoms in total. The van der Waals surface area contributed by atoms with Crippen LogP contribution >= 0.6 is 0 Å². The van der Waals surface area contributed by atoms with Crippen LogP contribution in [0.5, 0.6) is 0 Å². The van der Waals surface area contributed by atoms with Crippen molar-refractivity contribution in [2.24, 2.45) is 0 Å². The number of aliphatic hydroxyl groups excluding tert-OH is 3. The predicted octanol–water partition coefficient (Wildman–Crippen LogP) is 1.30. The van der Waals surface area contributed by atoms with E-state index >= 15 is 0 Å². The van der Waals surface area contributed by atoms with E-state index in [0.717, 1.165) is 16.7 Å². The van der Waals surface area contributed by atoms with E-state index in [1.165, 1.54) is 10.9 Å². The summed E-state index contributed by atoms with van der Waals surface area (Å²) in [5.41, 5.74) is 9.89. The van der Waals surface area contributed by atoms with E-state index in [9.17, 15) is 15.3 Å². The lowest BCUT2D eigenvalue weighted by Gasteiger charge is -2.19. The lowest BCUT2D eigenvalue weighted by atomic mass is 10.0. The highest BCUT2D eigenvalue weighted by Gasteiger charge is 2.45. The second kappa shape index (κ2) is 8.75. The number of benzene rings is 2. The van der Waals surface area contributed by atoms with Crippen molar-refractivity contribution in [1.29, 1.82) is 0 Å². The van der Waals surface area contributed by atoms with Gasteiger partial charge in [0.15, 0.2) is 23.2 Å². The molecule has 10 heteroatoms. The molecule has 5 rings (SSSR count). The number of ether oxygens (including phenoxy) is 1. The average molecular weight is 448 g/mol. The fraction of sp³-hybridized carbons (Fsp3) is 0.261. The third-order valence-corrected chi connectivity index (χ3v) is 5.76. The second-order valence-corrected chi connectivity index (χ2v) is 7.89. The Bertz CT molecular complexity index is 1260. The number of hydrogen-bond donors (Lipinski definition) is 5. The van der Waals surface area contributed by atoms with E-state index < -0.39 is 31.1 Å². The van der Waals surface area contributed by atoms with Gasteiger partial charge < -0.3 is 31.1 Å². The van der Waals surface area contributed by atoms with Crippen LogP contribution < -0.4 is 11.1 Å². The van der Waals surface area contributed by atoms with E-state index in [4.69, 9.17) is 10.5 Å². The average Bonchev–Trinajstić information content (AvgIpc) is 3.36. The first kappa shape index (κ1) is 21.3. The predicted molar refractivity (Wildman–Crippen MR) is 122 cm³/mol. The zero-order valence-electron chi connectivity index (χ0n) is 17.6. The number of nitrogens with two attached hydrogens (primary N) is 1. The van der Waals surface area contributed by atoms with E-state index in [-0.39, 0.29) is 5.82 Å². The Hall–Kier alpha value is -3.57. The standard InChI is InChI=1S/C23H24N6O4/c24-20-17-21(27-12-26-20)29(22-19(32)18(31)16(11-30)33-22)23(28-17)25-10-13-5-4-8-15(9-13)14-6-2-1-3-7-14/h1-9,12,16,18-19,22,30-32H,10-11H2,(H,25,28)(H2,24,26,27)/t16-,18-,19-,22-/m1/s1. The summed E-state index contributed by atoms with van der Waals surface area (Å²) in [6, 6.07) is 18.2. The molecule has 0 spiro atoms. The van der Waals surface area contributed by atoms with Gasteiger partial charge in [-0.15, -0.1) is 0 Å². The van der Waals surface area contributed by atoms with Gasteiger partial charge in [-0.05, 0) is 22.8 Å². The van der Waals surface area contributed by atoms with Gasteiger partial charge in [-0.25, -0.2) is 15.0 Å². The molecule has 1 aliphatic heterocycles. The van der Waals surface area contributed by atoms with Crippen molar-refractivity contribution in [1.82, 2.24) is 19.5 Å². The Morgan fingerprint density at radius 2 is 1.79 bits per heavy atom. The number of anilines is 2. The lowest BCUT2D eigenvalue weighted by molar-refractivity contribution is -0.0501. The Morgan fingerprint density at radius 1 is 1.00 bits per heavy atom. The van der Waals surface area contributed by atoms with Crippen molar-refractivity contribution in [2.75, 3.05) is 17.7 Å². The fourth-order valence-electron chi connectivity index (χ4n) is 4.06. The van der Waals surface area contributed by atoms with Crippen molar-refractivity contribution in [3.05, 3.63) is 66.5 Å². The topological polar surface area (TPSA) is 152 Å². The molecule has 170 valence electrons. The molecule has 3 heterocycles. The summed E-state index contributed by atoms with van der Waals surface area (Å²) >= 11 is 0. The smallest absolute Gasteiger partial charge is 0.207 e. The quantitative estimate of drug-likeness (QED) is 0.294.